The van der Waals surface area contributed by atoms with E-state index >= 15 is 0 Å². The Labute approximate surface area is 142 Å². The van der Waals surface area contributed by atoms with Crippen LogP contribution in [0.2, 0.25) is 0 Å². The largest absolute Gasteiger partial charge is 0.496 e. The van der Waals surface area contributed by atoms with Gasteiger partial charge in [0.05, 0.1) is 13.2 Å². The first-order valence-electron chi connectivity index (χ1n) is 8.56. The second-order valence-corrected chi connectivity index (χ2v) is 6.44. The third kappa shape index (κ3) is 3.38. The highest BCUT2D eigenvalue weighted by atomic mass is 16.5. The molecular formula is C18H25N3O3. The van der Waals surface area contributed by atoms with E-state index < -0.39 is 6.04 Å². The first kappa shape index (κ1) is 16.8. The second kappa shape index (κ2) is 7.21. The Kier molecular flexibility index (Phi) is 5.04. The van der Waals surface area contributed by atoms with E-state index in [9.17, 15) is 9.59 Å². The van der Waals surface area contributed by atoms with Crippen LogP contribution in [0.4, 0.5) is 0 Å². The summed E-state index contributed by atoms with van der Waals surface area (Å²) in [5.41, 5.74) is 0.797. The van der Waals surface area contributed by atoms with E-state index in [1.54, 1.807) is 14.2 Å². The number of ether oxygens (including phenoxy) is 1. The Hall–Kier alpha value is -2.08. The fourth-order valence-electron chi connectivity index (χ4n) is 3.40. The number of para-hydroxylation sites is 1. The van der Waals surface area contributed by atoms with Gasteiger partial charge in [-0.05, 0) is 31.7 Å². The zero-order valence-corrected chi connectivity index (χ0v) is 14.2. The Balaban J connectivity index is 1.89. The molecular weight excluding hydrogens is 306 g/mol. The van der Waals surface area contributed by atoms with E-state index in [0.717, 1.165) is 37.8 Å². The van der Waals surface area contributed by atoms with Crippen LogP contribution in [-0.2, 0) is 9.59 Å². The highest BCUT2D eigenvalue weighted by molar-refractivity contribution is 5.87. The number of nitrogens with zero attached hydrogens (tertiary/aromatic N) is 1. The molecule has 1 heterocycles. The molecule has 2 aliphatic rings. The number of hydrogen-bond acceptors (Lipinski definition) is 4. The number of carbonyl (C=O) groups excluding carboxylic acids is 2. The molecule has 2 atom stereocenters. The lowest BCUT2D eigenvalue weighted by molar-refractivity contribution is -0.131. The molecule has 6 heteroatoms. The summed E-state index contributed by atoms with van der Waals surface area (Å²) in [7, 11) is 3.22. The minimum atomic E-state index is -0.524. The van der Waals surface area contributed by atoms with Crippen molar-refractivity contribution < 1.29 is 14.3 Å². The summed E-state index contributed by atoms with van der Waals surface area (Å²) < 4.78 is 5.44. The van der Waals surface area contributed by atoms with Gasteiger partial charge in [-0.3, -0.25) is 14.5 Å². The molecule has 0 spiro atoms. The summed E-state index contributed by atoms with van der Waals surface area (Å²) in [4.78, 5) is 27.2. The number of nitrogens with one attached hydrogen (secondary N) is 2. The van der Waals surface area contributed by atoms with Crippen LogP contribution < -0.4 is 15.4 Å². The lowest BCUT2D eigenvalue weighted by Crippen LogP contribution is -2.49. The van der Waals surface area contributed by atoms with Crippen molar-refractivity contribution in [3.8, 4) is 5.75 Å². The van der Waals surface area contributed by atoms with Crippen molar-refractivity contribution in [2.45, 2.75) is 43.8 Å². The van der Waals surface area contributed by atoms with Crippen LogP contribution in [0.5, 0.6) is 5.75 Å². The molecule has 130 valence electrons. The van der Waals surface area contributed by atoms with Gasteiger partial charge in [-0.15, -0.1) is 0 Å². The van der Waals surface area contributed by atoms with Crippen LogP contribution in [0.1, 0.15) is 37.3 Å². The van der Waals surface area contributed by atoms with Gasteiger partial charge >= 0.3 is 0 Å². The molecule has 1 aliphatic carbocycles. The third-order valence-corrected chi connectivity index (χ3v) is 4.78. The Morgan fingerprint density at radius 3 is 2.67 bits per heavy atom. The lowest BCUT2D eigenvalue weighted by atomic mass is 10.0. The smallest absolute Gasteiger partial charge is 0.241 e. The van der Waals surface area contributed by atoms with Gasteiger partial charge in [0.1, 0.15) is 11.8 Å². The molecule has 6 nitrogen and oxygen atoms in total. The quantitative estimate of drug-likeness (QED) is 0.822. The van der Waals surface area contributed by atoms with Crippen molar-refractivity contribution >= 4 is 11.8 Å². The van der Waals surface area contributed by atoms with Crippen LogP contribution in [0.3, 0.4) is 0 Å². The number of likely N-dealkylation sites (tertiary alicyclic amines) is 1. The van der Waals surface area contributed by atoms with Crippen molar-refractivity contribution in [1.29, 1.82) is 0 Å². The number of methoxy groups -OCH3 is 1. The molecule has 0 bridgehead atoms. The Morgan fingerprint density at radius 1 is 1.25 bits per heavy atom. The van der Waals surface area contributed by atoms with Crippen molar-refractivity contribution in [2.24, 2.45) is 0 Å². The summed E-state index contributed by atoms with van der Waals surface area (Å²) in [6.07, 6.45) is 3.81. The van der Waals surface area contributed by atoms with E-state index in [4.69, 9.17) is 4.74 Å². The van der Waals surface area contributed by atoms with Crippen molar-refractivity contribution in [2.75, 3.05) is 20.7 Å². The topological polar surface area (TPSA) is 70.7 Å². The number of rotatable bonds is 6. The number of carbonyl (C=O) groups is 2. The molecule has 1 aromatic carbocycles. The van der Waals surface area contributed by atoms with Gasteiger partial charge in [-0.25, -0.2) is 0 Å². The van der Waals surface area contributed by atoms with E-state index in [1.807, 2.05) is 29.2 Å². The molecule has 0 aromatic heterocycles. The number of likely N-dealkylation sites (N-methyl/N-ethyl adjacent to an activating group) is 1. The number of hydrogen-bond donors (Lipinski definition) is 2. The summed E-state index contributed by atoms with van der Waals surface area (Å²) in [6.45, 7) is 0.721. The predicted octanol–water partition coefficient (Wildman–Crippen LogP) is 1.23. The Morgan fingerprint density at radius 2 is 2.00 bits per heavy atom. The van der Waals surface area contributed by atoms with Crippen molar-refractivity contribution in [1.82, 2.24) is 15.5 Å². The molecule has 0 radical (unpaired) electrons. The maximum atomic E-state index is 12.6. The van der Waals surface area contributed by atoms with Crippen LogP contribution in [0.25, 0.3) is 0 Å². The standard InChI is InChI=1S/C18H25N3O3/c1-19-18(23)16(13-6-3-4-8-15(13)24-2)21-11-5-7-14(21)17(22)20-12-9-10-12/h3-4,6,8,12,14,16H,5,7,9-11H2,1-2H3,(H,19,23)(H,20,22). The van der Waals surface area contributed by atoms with Crippen LogP contribution in [0, 0.1) is 0 Å². The molecule has 2 fully saturated rings. The fourth-order valence-corrected chi connectivity index (χ4v) is 3.40. The van der Waals surface area contributed by atoms with Crippen LogP contribution in [-0.4, -0.2) is 49.5 Å². The molecule has 1 saturated heterocycles. The average Bonchev–Trinajstić information content (AvgIpc) is 3.29. The molecule has 1 aliphatic heterocycles. The van der Waals surface area contributed by atoms with Gasteiger partial charge in [0.25, 0.3) is 0 Å². The fraction of sp³-hybridized carbons (Fsp3) is 0.556. The SMILES string of the molecule is CNC(=O)C(c1ccccc1OC)N1CCCC1C(=O)NC1CC1. The summed E-state index contributed by atoms with van der Waals surface area (Å²) in [6, 6.07) is 7.05. The first-order valence-corrected chi connectivity index (χ1v) is 8.56. The normalized spacial score (nSPS) is 22.0. The van der Waals surface area contributed by atoms with E-state index in [0.29, 0.717) is 11.8 Å². The van der Waals surface area contributed by atoms with Crippen molar-refractivity contribution in [3.63, 3.8) is 0 Å². The van der Waals surface area contributed by atoms with Crippen LogP contribution >= 0.6 is 0 Å². The van der Waals surface area contributed by atoms with E-state index in [1.165, 1.54) is 0 Å². The summed E-state index contributed by atoms with van der Waals surface area (Å²) in [5.74, 6) is 0.587. The second-order valence-electron chi connectivity index (χ2n) is 6.44. The van der Waals surface area contributed by atoms with Gasteiger partial charge in [-0.2, -0.15) is 0 Å². The van der Waals surface area contributed by atoms with Crippen molar-refractivity contribution in [3.05, 3.63) is 29.8 Å². The maximum absolute atomic E-state index is 12.6. The minimum absolute atomic E-state index is 0.0406. The molecule has 2 N–H and O–H groups in total. The molecule has 24 heavy (non-hydrogen) atoms. The van der Waals surface area contributed by atoms with Gasteiger partial charge in [0.15, 0.2) is 0 Å². The summed E-state index contributed by atoms with van der Waals surface area (Å²) >= 11 is 0. The minimum Gasteiger partial charge on any atom is -0.496 e. The molecule has 1 saturated carbocycles. The average molecular weight is 331 g/mol. The molecule has 1 aromatic rings. The lowest BCUT2D eigenvalue weighted by Gasteiger charge is -2.32. The van der Waals surface area contributed by atoms with Gasteiger partial charge < -0.3 is 15.4 Å². The molecule has 2 unspecified atom stereocenters. The maximum Gasteiger partial charge on any atom is 0.241 e. The zero-order chi connectivity index (χ0) is 17.1. The van der Waals surface area contributed by atoms with E-state index in [2.05, 4.69) is 10.6 Å². The van der Waals surface area contributed by atoms with Gasteiger partial charge in [-0.1, -0.05) is 18.2 Å². The summed E-state index contributed by atoms with van der Waals surface area (Å²) in [5, 5.41) is 5.81. The third-order valence-electron chi connectivity index (χ3n) is 4.78. The first-order chi connectivity index (χ1) is 11.7. The van der Waals surface area contributed by atoms with Gasteiger partial charge in [0.2, 0.25) is 11.8 Å². The van der Waals surface area contributed by atoms with Crippen LogP contribution in [0.15, 0.2) is 24.3 Å². The Bertz CT molecular complexity index is 615. The van der Waals surface area contributed by atoms with Gasteiger partial charge in [0, 0.05) is 25.2 Å². The monoisotopic (exact) mass is 331 g/mol. The highest BCUT2D eigenvalue weighted by Gasteiger charge is 2.41. The molecule has 3 rings (SSSR count). The number of benzene rings is 1. The molecule has 2 amide bonds. The zero-order valence-electron chi connectivity index (χ0n) is 14.2. The predicted molar refractivity (Wildman–Crippen MR) is 90.7 cm³/mol. The van der Waals surface area contributed by atoms with E-state index in [-0.39, 0.29) is 17.9 Å². The highest BCUT2D eigenvalue weighted by Crippen LogP contribution is 2.35. The number of amides is 2.